The highest BCUT2D eigenvalue weighted by atomic mass is 15.2. The molecule has 374 valence electrons. The van der Waals surface area contributed by atoms with Gasteiger partial charge in [0, 0.05) is 50.0 Å². The number of hydrogen-bond donors (Lipinski definition) is 0. The second kappa shape index (κ2) is 17.5. The van der Waals surface area contributed by atoms with Gasteiger partial charge in [-0.3, -0.25) is 0 Å². The second-order valence-electron chi connectivity index (χ2n) is 25.6. The molecule has 75 heavy (non-hydrogen) atoms. The minimum atomic E-state index is 0.0600. The van der Waals surface area contributed by atoms with Crippen LogP contribution in [0.3, 0.4) is 0 Å². The Morgan fingerprint density at radius 1 is 0.387 bits per heavy atom. The molecule has 3 nitrogen and oxygen atoms in total. The molecule has 0 spiro atoms. The van der Waals surface area contributed by atoms with Crippen LogP contribution in [0.25, 0.3) is 66.1 Å². The molecule has 0 fully saturated rings. The summed E-state index contributed by atoms with van der Waals surface area (Å²) in [4.78, 5) is 4.98. The number of benzene rings is 9. The van der Waals surface area contributed by atoms with Gasteiger partial charge >= 0.3 is 0 Å². The van der Waals surface area contributed by atoms with E-state index in [0.717, 1.165) is 23.5 Å². The number of fused-ring (bicyclic) bond motifs is 8. The van der Waals surface area contributed by atoms with Gasteiger partial charge in [-0.15, -0.1) is 0 Å². The first kappa shape index (κ1) is 48.3. The van der Waals surface area contributed by atoms with E-state index in [9.17, 15) is 0 Å². The number of anilines is 5. The molecular formula is C72H71N3. The summed E-state index contributed by atoms with van der Waals surface area (Å²) < 4.78 is 2.59. The summed E-state index contributed by atoms with van der Waals surface area (Å²) in [7, 11) is 0. The molecule has 2 heterocycles. The molecule has 0 N–H and O–H groups in total. The first-order valence-corrected chi connectivity index (χ1v) is 27.2. The van der Waals surface area contributed by atoms with E-state index in [1.165, 1.54) is 105 Å². The zero-order chi connectivity index (χ0) is 52.3. The van der Waals surface area contributed by atoms with Crippen LogP contribution in [-0.2, 0) is 28.1 Å². The van der Waals surface area contributed by atoms with Crippen LogP contribution < -0.4 is 9.80 Å². The maximum absolute atomic E-state index is 2.59. The van der Waals surface area contributed by atoms with Crippen molar-refractivity contribution in [2.75, 3.05) is 9.80 Å². The highest BCUT2D eigenvalue weighted by Gasteiger charge is 2.28. The summed E-state index contributed by atoms with van der Waals surface area (Å²) in [6.07, 6.45) is 5.71. The van der Waals surface area contributed by atoms with Crippen LogP contribution in [0.2, 0.25) is 0 Å². The van der Waals surface area contributed by atoms with Crippen LogP contribution in [0.5, 0.6) is 0 Å². The standard InChI is InChI=1S/C72H71N3/c1-69(2,3)52-20-30-56(31-21-52)73(57-32-22-53(23-33-57)70(4,5)6)60-28-18-47-40-62-64-42-51(46-16-14-13-15-17-46)43-65-63-41-48-19-29-61(39-50(48)45-67(63)75(68(64)65)66(62)44-49(47)38-60)74(58-34-24-54(25-35-58)71(7,8)9)59-36-26-55(27-37-59)72(10,11)12/h13-38,40-45,61H,39H2,1-12H3. The Hall–Kier alpha value is -7.62. The minimum absolute atomic E-state index is 0.0600. The summed E-state index contributed by atoms with van der Waals surface area (Å²) in [6, 6.07) is 69.8. The smallest absolute Gasteiger partial charge is 0.0620 e. The van der Waals surface area contributed by atoms with Gasteiger partial charge in [0.1, 0.15) is 0 Å². The van der Waals surface area contributed by atoms with Crippen molar-refractivity contribution in [1.82, 2.24) is 4.40 Å². The van der Waals surface area contributed by atoms with E-state index in [-0.39, 0.29) is 27.7 Å². The van der Waals surface area contributed by atoms with E-state index in [2.05, 4.69) is 291 Å². The van der Waals surface area contributed by atoms with E-state index in [0.29, 0.717) is 0 Å². The quantitative estimate of drug-likeness (QED) is 0.158. The largest absolute Gasteiger partial charge is 0.334 e. The van der Waals surface area contributed by atoms with Gasteiger partial charge in [0.15, 0.2) is 0 Å². The van der Waals surface area contributed by atoms with Gasteiger partial charge in [-0.25, -0.2) is 0 Å². The predicted molar refractivity (Wildman–Crippen MR) is 325 cm³/mol. The van der Waals surface area contributed by atoms with Crippen molar-refractivity contribution in [3.8, 4) is 11.1 Å². The zero-order valence-corrected chi connectivity index (χ0v) is 46.1. The third kappa shape index (κ3) is 8.65. The van der Waals surface area contributed by atoms with Crippen LogP contribution in [0, 0.1) is 0 Å². The predicted octanol–water partition coefficient (Wildman–Crippen LogP) is 20.1. The second-order valence-corrected chi connectivity index (χ2v) is 25.6. The van der Waals surface area contributed by atoms with E-state index in [4.69, 9.17) is 0 Å². The van der Waals surface area contributed by atoms with Crippen LogP contribution in [0.1, 0.15) is 116 Å². The fourth-order valence-electron chi connectivity index (χ4n) is 11.8. The van der Waals surface area contributed by atoms with Crippen LogP contribution in [0.4, 0.5) is 28.4 Å². The number of aromatic nitrogens is 1. The van der Waals surface area contributed by atoms with E-state index in [1.807, 2.05) is 0 Å². The first-order chi connectivity index (χ1) is 35.7. The molecule has 0 amide bonds. The highest BCUT2D eigenvalue weighted by molar-refractivity contribution is 6.26. The molecule has 0 saturated carbocycles. The lowest BCUT2D eigenvalue weighted by molar-refractivity contribution is 0.589. The zero-order valence-electron chi connectivity index (χ0n) is 46.1. The van der Waals surface area contributed by atoms with Crippen molar-refractivity contribution in [2.24, 2.45) is 0 Å². The van der Waals surface area contributed by atoms with Crippen molar-refractivity contribution in [1.29, 1.82) is 0 Å². The molecule has 1 atom stereocenters. The molecule has 9 aromatic carbocycles. The molecular weight excluding hydrogens is 907 g/mol. The van der Waals surface area contributed by atoms with Crippen molar-refractivity contribution in [3.05, 3.63) is 221 Å². The third-order valence-corrected chi connectivity index (χ3v) is 16.2. The fraction of sp³-hybridized carbons (Fsp3) is 0.250. The van der Waals surface area contributed by atoms with Crippen molar-refractivity contribution in [3.63, 3.8) is 0 Å². The first-order valence-electron chi connectivity index (χ1n) is 27.2. The Labute approximate surface area is 445 Å². The average Bonchev–Trinajstić information content (AvgIpc) is 3.89. The third-order valence-electron chi connectivity index (χ3n) is 16.2. The molecule has 3 heteroatoms. The number of nitrogens with zero attached hydrogens (tertiary/aromatic N) is 3. The molecule has 11 aromatic rings. The molecule has 0 saturated heterocycles. The Kier molecular flexibility index (Phi) is 11.3. The molecule has 0 bridgehead atoms. The number of hydrogen-bond acceptors (Lipinski definition) is 2. The normalized spacial score (nSPS) is 14.4. The van der Waals surface area contributed by atoms with Crippen molar-refractivity contribution >= 4 is 83.4 Å². The number of rotatable bonds is 7. The van der Waals surface area contributed by atoms with E-state index < -0.39 is 0 Å². The highest BCUT2D eigenvalue weighted by Crippen LogP contribution is 2.46. The van der Waals surface area contributed by atoms with Crippen molar-refractivity contribution < 1.29 is 0 Å². The summed E-state index contributed by atoms with van der Waals surface area (Å²) >= 11 is 0. The van der Waals surface area contributed by atoms with Gasteiger partial charge in [-0.1, -0.05) is 180 Å². The van der Waals surface area contributed by atoms with Gasteiger partial charge in [0.2, 0.25) is 0 Å². The Morgan fingerprint density at radius 3 is 1.33 bits per heavy atom. The van der Waals surface area contributed by atoms with Gasteiger partial charge < -0.3 is 14.2 Å². The lowest BCUT2D eigenvalue weighted by Gasteiger charge is -2.35. The topological polar surface area (TPSA) is 10.9 Å². The maximum atomic E-state index is 2.59. The molecule has 12 rings (SSSR count). The van der Waals surface area contributed by atoms with Gasteiger partial charge in [0.25, 0.3) is 0 Å². The molecule has 2 aromatic heterocycles. The van der Waals surface area contributed by atoms with Gasteiger partial charge in [-0.05, 0) is 180 Å². The summed E-state index contributed by atoms with van der Waals surface area (Å²) in [5.74, 6) is 0. The van der Waals surface area contributed by atoms with Crippen LogP contribution in [0.15, 0.2) is 188 Å². The van der Waals surface area contributed by atoms with E-state index in [1.54, 1.807) is 0 Å². The van der Waals surface area contributed by atoms with Crippen molar-refractivity contribution in [2.45, 2.75) is 117 Å². The lowest BCUT2D eigenvalue weighted by Crippen LogP contribution is -2.33. The molecule has 1 aliphatic carbocycles. The van der Waals surface area contributed by atoms with E-state index >= 15 is 0 Å². The fourth-order valence-corrected chi connectivity index (χ4v) is 11.8. The average molecular weight is 978 g/mol. The van der Waals surface area contributed by atoms with Gasteiger partial charge in [0.05, 0.1) is 22.6 Å². The molecule has 0 aliphatic heterocycles. The molecule has 0 radical (unpaired) electrons. The van der Waals surface area contributed by atoms with Crippen LogP contribution >= 0.6 is 0 Å². The Balaban J connectivity index is 1.03. The monoisotopic (exact) mass is 978 g/mol. The SMILES string of the molecule is CC(C)(C)c1ccc(N(c2ccc(C(C)(C)C)cc2)c2ccc3cc4c5cc(-c6ccccc6)cc6c7cc8c(cc7n(c4cc3c2)c65)CC(N(c2ccc(C(C)(C)C)cc2)c2ccc(C(C)(C)C)cc2)C=C8)cc1. The lowest BCUT2D eigenvalue weighted by atomic mass is 9.86. The van der Waals surface area contributed by atoms with Gasteiger partial charge in [-0.2, -0.15) is 0 Å². The molecule has 1 aliphatic rings. The minimum Gasteiger partial charge on any atom is -0.334 e. The summed E-state index contributed by atoms with van der Waals surface area (Å²) in [6.45, 7) is 27.5. The summed E-state index contributed by atoms with van der Waals surface area (Å²) in [5.41, 5.74) is 20.3. The Morgan fingerprint density at radius 2 is 0.840 bits per heavy atom. The summed E-state index contributed by atoms with van der Waals surface area (Å²) in [5, 5.41) is 7.60. The molecule has 1 unspecified atom stereocenters. The van der Waals surface area contributed by atoms with Crippen LogP contribution in [-0.4, -0.2) is 10.4 Å². The Bertz CT molecular complexity index is 3840. The maximum Gasteiger partial charge on any atom is 0.0620 e.